The van der Waals surface area contributed by atoms with Gasteiger partial charge >= 0.3 is 37.7 Å². The molecule has 0 bridgehead atoms. The number of halogens is 1. The van der Waals surface area contributed by atoms with Gasteiger partial charge in [0.1, 0.15) is 11.6 Å². The number of benzene rings is 2. The minimum absolute atomic E-state index is 0. The van der Waals surface area contributed by atoms with Crippen LogP contribution >= 0.6 is 0 Å². The van der Waals surface area contributed by atoms with Crippen LogP contribution in [-0.2, 0) is 4.79 Å². The van der Waals surface area contributed by atoms with E-state index in [1.54, 1.807) is 0 Å². The van der Waals surface area contributed by atoms with Gasteiger partial charge in [-0.05, 0) is 48.7 Å². The number of aliphatic carboxylic acids is 1. The van der Waals surface area contributed by atoms with Crippen molar-refractivity contribution in [2.75, 3.05) is 26.5 Å². The van der Waals surface area contributed by atoms with Crippen LogP contribution in [0.3, 0.4) is 0 Å². The molecule has 0 spiro atoms. The molecule has 2 atom stereocenters. The minimum atomic E-state index is -0.833. The van der Waals surface area contributed by atoms with E-state index in [0.717, 1.165) is 43.7 Å². The molecule has 0 radical (unpaired) electrons. The number of carboxylic acids is 1. The van der Waals surface area contributed by atoms with Crippen LogP contribution in [0.25, 0.3) is 0 Å². The Bertz CT molecular complexity index is 809. The predicted octanol–water partition coefficient (Wildman–Crippen LogP) is 3.26. The van der Waals surface area contributed by atoms with Crippen LogP contribution in [0.4, 0.5) is 4.39 Å². The summed E-state index contributed by atoms with van der Waals surface area (Å²) in [5, 5.41) is 10.8. The van der Waals surface area contributed by atoms with Gasteiger partial charge < -0.3 is 27.5 Å². The molecule has 2 N–H and O–H groups in total. The van der Waals surface area contributed by atoms with E-state index in [2.05, 4.69) is 5.32 Å². The molecule has 6 nitrogen and oxygen atoms in total. The molecule has 8 heteroatoms. The van der Waals surface area contributed by atoms with Crippen molar-refractivity contribution in [3.63, 3.8) is 0 Å². The molecular formula is C21H26CaFNO5. The summed E-state index contributed by atoms with van der Waals surface area (Å²) >= 11 is 0. The molecule has 0 saturated carbocycles. The molecule has 0 amide bonds. The van der Waals surface area contributed by atoms with Crippen molar-refractivity contribution in [3.8, 4) is 17.2 Å². The molecule has 154 valence electrons. The molecule has 0 aromatic heterocycles. The van der Waals surface area contributed by atoms with E-state index < -0.39 is 5.97 Å². The SMILES string of the molecule is CC(=O)O.Fc1ccc([C@@H]2CCNC[C@H]2COc2ccc3c(c2)OCO3)cc1.[Ca+2].[H-].[H-]. The Morgan fingerprint density at radius 1 is 1.24 bits per heavy atom. The van der Waals surface area contributed by atoms with Crippen LogP contribution in [0.15, 0.2) is 42.5 Å². The fraction of sp³-hybridized carbons (Fsp3) is 0.381. The number of rotatable bonds is 4. The van der Waals surface area contributed by atoms with E-state index in [4.69, 9.17) is 24.1 Å². The quantitative estimate of drug-likeness (QED) is 0.724. The number of piperidine rings is 1. The third kappa shape index (κ3) is 7.03. The van der Waals surface area contributed by atoms with Crippen LogP contribution in [-0.4, -0.2) is 75.3 Å². The van der Waals surface area contributed by atoms with Crippen molar-refractivity contribution in [2.24, 2.45) is 5.92 Å². The predicted molar refractivity (Wildman–Crippen MR) is 109 cm³/mol. The van der Waals surface area contributed by atoms with Gasteiger partial charge in [0.05, 0.1) is 6.61 Å². The van der Waals surface area contributed by atoms with E-state index in [1.165, 1.54) is 17.7 Å². The summed E-state index contributed by atoms with van der Waals surface area (Å²) in [7, 11) is 0. The molecule has 1 saturated heterocycles. The van der Waals surface area contributed by atoms with Crippen molar-refractivity contribution < 1.29 is 31.4 Å². The Hall–Kier alpha value is -1.54. The van der Waals surface area contributed by atoms with Gasteiger partial charge in [-0.15, -0.1) is 0 Å². The molecule has 2 heterocycles. The molecule has 2 aliphatic heterocycles. The summed E-state index contributed by atoms with van der Waals surface area (Å²) in [6, 6.07) is 12.5. The first-order valence-electron chi connectivity index (χ1n) is 9.21. The maximum atomic E-state index is 13.2. The van der Waals surface area contributed by atoms with Crippen LogP contribution in [0, 0.1) is 11.7 Å². The summed E-state index contributed by atoms with van der Waals surface area (Å²) in [5.41, 5.74) is 1.18. The second kappa shape index (κ2) is 11.6. The van der Waals surface area contributed by atoms with Crippen LogP contribution in [0.1, 0.15) is 27.7 Å². The van der Waals surface area contributed by atoms with Gasteiger partial charge in [-0.1, -0.05) is 12.1 Å². The molecular weight excluding hydrogens is 405 g/mol. The summed E-state index contributed by atoms with van der Waals surface area (Å²) in [4.78, 5) is 9.00. The van der Waals surface area contributed by atoms with E-state index in [-0.39, 0.29) is 53.2 Å². The van der Waals surface area contributed by atoms with Crippen molar-refractivity contribution >= 4 is 43.7 Å². The largest absolute Gasteiger partial charge is 2.00 e. The molecule has 1 fully saturated rings. The first kappa shape index (κ1) is 23.7. The number of hydrogen-bond acceptors (Lipinski definition) is 5. The number of hydrogen-bond donors (Lipinski definition) is 2. The third-order valence-corrected chi connectivity index (χ3v) is 4.71. The zero-order chi connectivity index (χ0) is 19.9. The Balaban J connectivity index is 0.00000119. The zero-order valence-corrected chi connectivity index (χ0v) is 18.6. The standard InChI is InChI=1S/C19H20FNO3.C2H4O2.Ca.2H/c20-15-3-1-13(2-4-15)17-7-8-21-10-14(17)11-22-16-5-6-18-19(9-16)24-12-23-18;1-2(3)4;;;/h1-6,9,14,17,21H,7-8,10-12H2;1H3,(H,3,4);;;/q;;+2;2*-1/t14-,17-;;;;/m0..../s1. The van der Waals surface area contributed by atoms with Gasteiger partial charge in [-0.3, -0.25) is 4.79 Å². The van der Waals surface area contributed by atoms with Gasteiger partial charge in [0.25, 0.3) is 5.97 Å². The normalized spacial score (nSPS) is 19.4. The fourth-order valence-corrected chi connectivity index (χ4v) is 3.42. The monoisotopic (exact) mass is 431 g/mol. The minimum Gasteiger partial charge on any atom is -1.00 e. The Kier molecular flexibility index (Phi) is 9.49. The maximum absolute atomic E-state index is 13.2. The van der Waals surface area contributed by atoms with Crippen molar-refractivity contribution in [2.45, 2.75) is 19.3 Å². The van der Waals surface area contributed by atoms with Gasteiger partial charge in [-0.2, -0.15) is 0 Å². The fourth-order valence-electron chi connectivity index (χ4n) is 3.42. The maximum Gasteiger partial charge on any atom is 2.00 e. The van der Waals surface area contributed by atoms with E-state index >= 15 is 0 Å². The summed E-state index contributed by atoms with van der Waals surface area (Å²) < 4.78 is 29.9. The Labute approximate surface area is 202 Å². The van der Waals surface area contributed by atoms with Gasteiger partial charge in [0.15, 0.2) is 11.5 Å². The molecule has 0 aliphatic carbocycles. The van der Waals surface area contributed by atoms with E-state index in [9.17, 15) is 4.39 Å². The molecule has 2 aromatic carbocycles. The van der Waals surface area contributed by atoms with E-state index in [0.29, 0.717) is 18.4 Å². The van der Waals surface area contributed by atoms with Crippen LogP contribution in [0.5, 0.6) is 17.2 Å². The average Bonchev–Trinajstić information content (AvgIpc) is 3.15. The molecule has 29 heavy (non-hydrogen) atoms. The van der Waals surface area contributed by atoms with Crippen LogP contribution < -0.4 is 19.5 Å². The second-order valence-electron chi connectivity index (χ2n) is 6.76. The molecule has 2 aromatic rings. The molecule has 0 unspecified atom stereocenters. The summed E-state index contributed by atoms with van der Waals surface area (Å²) in [5.74, 6) is 1.95. The van der Waals surface area contributed by atoms with Crippen LogP contribution in [0.2, 0.25) is 0 Å². The number of carboxylic acid groups (broad SMARTS) is 1. The van der Waals surface area contributed by atoms with Crippen molar-refractivity contribution in [1.82, 2.24) is 5.32 Å². The number of carbonyl (C=O) groups is 1. The second-order valence-corrected chi connectivity index (χ2v) is 6.76. The smallest absolute Gasteiger partial charge is 1.00 e. The zero-order valence-electron chi connectivity index (χ0n) is 18.4. The number of fused-ring (bicyclic) bond motifs is 1. The number of nitrogens with one attached hydrogen (secondary N) is 1. The summed E-state index contributed by atoms with van der Waals surface area (Å²) in [6.07, 6.45) is 1.03. The first-order chi connectivity index (χ1) is 13.5. The van der Waals surface area contributed by atoms with Crippen molar-refractivity contribution in [1.29, 1.82) is 0 Å². The molecule has 2 aliphatic rings. The average molecular weight is 432 g/mol. The number of ether oxygens (including phenoxy) is 3. The Morgan fingerprint density at radius 2 is 1.93 bits per heavy atom. The van der Waals surface area contributed by atoms with E-state index in [1.807, 2.05) is 30.3 Å². The van der Waals surface area contributed by atoms with Gasteiger partial charge in [-0.25, -0.2) is 4.39 Å². The third-order valence-electron chi connectivity index (χ3n) is 4.71. The summed E-state index contributed by atoms with van der Waals surface area (Å²) in [6.45, 7) is 3.82. The van der Waals surface area contributed by atoms with Gasteiger partial charge in [0.2, 0.25) is 6.79 Å². The Morgan fingerprint density at radius 3 is 2.66 bits per heavy atom. The van der Waals surface area contributed by atoms with Crippen molar-refractivity contribution in [3.05, 3.63) is 53.8 Å². The molecule has 4 rings (SSSR count). The van der Waals surface area contributed by atoms with Gasteiger partial charge in [0, 0.05) is 25.5 Å². The topological polar surface area (TPSA) is 77.0 Å². The first-order valence-corrected chi connectivity index (χ1v) is 9.21.